The number of hydrogen-bond acceptors (Lipinski definition) is 15. The third-order valence-electron chi connectivity index (χ3n) is 12.2. The molecule has 7 heterocycles. The maximum absolute atomic E-state index is 13.2. The highest BCUT2D eigenvalue weighted by Crippen LogP contribution is 2.23. The lowest BCUT2D eigenvalue weighted by Gasteiger charge is -2.06. The maximum Gasteiger partial charge on any atom is 0.303 e. The van der Waals surface area contributed by atoms with Crippen molar-refractivity contribution in [3.63, 3.8) is 0 Å². The zero-order valence-electron chi connectivity index (χ0n) is 46.6. The third-order valence-corrected chi connectivity index (χ3v) is 12.2. The molecule has 11 N–H and O–H groups in total. The molecule has 33 nitrogen and oxygen atoms in total. The summed E-state index contributed by atoms with van der Waals surface area (Å²) < 4.78 is 10.5. The van der Waals surface area contributed by atoms with Crippen molar-refractivity contribution in [1.82, 2.24) is 51.9 Å². The molecular weight excluding hydrogens is 1100 g/mol. The van der Waals surface area contributed by atoms with E-state index in [4.69, 9.17) is 5.11 Å². The molecule has 0 bridgehead atoms. The number of amides is 10. The van der Waals surface area contributed by atoms with E-state index in [9.17, 15) is 52.7 Å². The number of aromatic nitrogens is 11. The fourth-order valence-electron chi connectivity index (χ4n) is 8.04. The summed E-state index contributed by atoms with van der Waals surface area (Å²) in [6, 6.07) is 4.51. The average molecular weight is 1160 g/mol. The number of nitrogens with one attached hydrogen (secondary N) is 10. The van der Waals surface area contributed by atoms with Gasteiger partial charge in [0.05, 0.1) is 23.5 Å². The van der Waals surface area contributed by atoms with Crippen LogP contribution >= 0.6 is 0 Å². The Morgan fingerprint density at radius 2 is 0.798 bits per heavy atom. The van der Waals surface area contributed by atoms with Crippen molar-refractivity contribution in [2.45, 2.75) is 57.8 Å². The molecule has 0 fully saturated rings. The van der Waals surface area contributed by atoms with Crippen molar-refractivity contribution >= 4 is 123 Å². The van der Waals surface area contributed by atoms with Gasteiger partial charge in [0.1, 0.15) is 17.3 Å². The van der Waals surface area contributed by atoms with Gasteiger partial charge in [-0.05, 0) is 12.5 Å². The zero-order valence-corrected chi connectivity index (χ0v) is 46.6. The molecule has 7 aromatic heterocycles. The summed E-state index contributed by atoms with van der Waals surface area (Å²) in [5, 5.41) is 35.2. The normalized spacial score (nSPS) is 10.8. The van der Waals surface area contributed by atoms with E-state index >= 15 is 0 Å². The first-order valence-corrected chi connectivity index (χ1v) is 25.7. The van der Waals surface area contributed by atoms with E-state index in [1.807, 2.05) is 0 Å². The van der Waals surface area contributed by atoms with Crippen molar-refractivity contribution in [2.24, 2.45) is 49.3 Å². The van der Waals surface area contributed by atoms with Crippen molar-refractivity contribution in [3.05, 3.63) is 85.1 Å². The van der Waals surface area contributed by atoms with E-state index in [0.717, 1.165) is 0 Å². The molecule has 0 aromatic carbocycles. The van der Waals surface area contributed by atoms with Crippen LogP contribution in [0.15, 0.2) is 67.8 Å². The summed E-state index contributed by atoms with van der Waals surface area (Å²) >= 11 is 0. The lowest BCUT2D eigenvalue weighted by molar-refractivity contribution is -0.138. The Labute approximate surface area is 477 Å². The van der Waals surface area contributed by atoms with Crippen LogP contribution in [-0.2, 0) is 87.7 Å². The largest absolute Gasteiger partial charge is 0.481 e. The van der Waals surface area contributed by atoms with Crippen LogP contribution in [0.3, 0.4) is 0 Å². The molecule has 0 atom stereocenters. The summed E-state index contributed by atoms with van der Waals surface area (Å²) in [7, 11) is 11.3. The SMILES string of the molecule is Cn1cc(NC(=O)c2nc(NC(=O)CCC(=O)Nc3cc(NC(=O)c4nccn4C)cn3C)cn2C)cc1NC(=O)CCCC(=O)Nc1cn(C)c(NC(=O)CCC(=O)Nc2cc(C(=O)Nc3cn(C)c(NC(=O)CCC(=O)O)n3)n(C)c2)n1. The molecular formula is C51H61N21O12. The van der Waals surface area contributed by atoms with Gasteiger partial charge >= 0.3 is 5.97 Å². The number of carbonyl (C=O) groups is 11. The molecule has 0 spiro atoms. The van der Waals surface area contributed by atoms with E-state index in [2.05, 4.69) is 73.1 Å². The molecule has 0 saturated carbocycles. The topological polar surface area (TPSA) is 414 Å². The highest BCUT2D eigenvalue weighted by molar-refractivity contribution is 6.06. The van der Waals surface area contributed by atoms with Crippen LogP contribution in [0, 0.1) is 0 Å². The van der Waals surface area contributed by atoms with E-state index in [-0.39, 0.29) is 110 Å². The molecule has 84 heavy (non-hydrogen) atoms. The second-order valence-electron chi connectivity index (χ2n) is 19.2. The van der Waals surface area contributed by atoms with Gasteiger partial charge in [0.25, 0.3) is 17.7 Å². The first kappa shape index (κ1) is 60.5. The van der Waals surface area contributed by atoms with E-state index in [1.165, 1.54) is 61.4 Å². The second kappa shape index (κ2) is 26.9. The number of carboxylic acid groups (broad SMARTS) is 1. The molecule has 0 aliphatic heterocycles. The number of carbonyl (C=O) groups excluding carboxylic acids is 10. The number of imidazole rings is 4. The first-order chi connectivity index (χ1) is 39.8. The molecule has 0 aliphatic carbocycles. The van der Waals surface area contributed by atoms with Crippen LogP contribution < -0.4 is 53.2 Å². The Kier molecular flexibility index (Phi) is 19.4. The van der Waals surface area contributed by atoms with E-state index in [0.29, 0.717) is 23.0 Å². The zero-order chi connectivity index (χ0) is 60.9. The molecule has 7 rings (SSSR count). The minimum absolute atomic E-state index is 0.0382. The summed E-state index contributed by atoms with van der Waals surface area (Å²) in [5.41, 5.74) is 1.17. The fourth-order valence-corrected chi connectivity index (χ4v) is 8.04. The summed E-state index contributed by atoms with van der Waals surface area (Å²) in [4.78, 5) is 155. The van der Waals surface area contributed by atoms with Gasteiger partial charge in [-0.3, -0.25) is 63.4 Å². The highest BCUT2D eigenvalue weighted by atomic mass is 16.4. The minimum Gasteiger partial charge on any atom is -0.481 e. The van der Waals surface area contributed by atoms with Gasteiger partial charge in [0.2, 0.25) is 59.1 Å². The minimum atomic E-state index is -1.13. The van der Waals surface area contributed by atoms with Gasteiger partial charge in [-0.2, -0.15) is 9.97 Å². The fraction of sp³-hybridized carbons (Fsp3) is 0.314. The van der Waals surface area contributed by atoms with Gasteiger partial charge in [-0.15, -0.1) is 0 Å². The van der Waals surface area contributed by atoms with Crippen LogP contribution in [0.5, 0.6) is 0 Å². The first-order valence-electron chi connectivity index (χ1n) is 25.7. The molecule has 7 aromatic rings. The highest BCUT2D eigenvalue weighted by Gasteiger charge is 2.22. The smallest absolute Gasteiger partial charge is 0.303 e. The number of anilines is 10. The number of hydrogen-bond donors (Lipinski definition) is 11. The standard InChI is InChI=1S/C51H61N21O12/c1-66-18-17-52-45(66)48(83)54-29-20-36(69(4)23-29)63-41(77)13-12-40(76)56-32-25-70(5)46(58-32)49(84)55-30-21-35(68(3)24-30)62-38(74)10-8-9-37(73)57-33-26-71(6)50(60-33)64-42(78)14-11-39(75)53-28-19-31(67(2)22-28)47(82)59-34-27-72(7)51(61-34)65-43(79)15-16-44(80)81/h17-27H,8-16H2,1-7H3,(H,53,75)(H,54,83)(H,55,84)(H,56,76)(H,57,73)(H,59,82)(H,62,74)(H,63,77)(H,80,81)(H,60,64,78)(H,61,65,79). The lowest BCUT2D eigenvalue weighted by Crippen LogP contribution is -2.18. The van der Waals surface area contributed by atoms with Crippen LogP contribution in [-0.4, -0.2) is 122 Å². The number of carboxylic acids is 1. The van der Waals surface area contributed by atoms with Gasteiger partial charge in [-0.25, -0.2) is 9.97 Å². The van der Waals surface area contributed by atoms with Crippen molar-refractivity contribution in [3.8, 4) is 0 Å². The van der Waals surface area contributed by atoms with Gasteiger partial charge in [0.15, 0.2) is 23.3 Å². The average Bonchev–Trinajstić information content (AvgIpc) is 4.36. The van der Waals surface area contributed by atoms with Gasteiger partial charge in [0, 0.05) is 156 Å². The molecule has 33 heteroatoms. The van der Waals surface area contributed by atoms with Crippen molar-refractivity contribution in [2.75, 3.05) is 53.2 Å². The Morgan fingerprint density at radius 1 is 0.381 bits per heavy atom. The van der Waals surface area contributed by atoms with Crippen LogP contribution in [0.25, 0.3) is 0 Å². The molecule has 0 radical (unpaired) electrons. The number of nitrogens with zero attached hydrogens (tertiary/aromatic N) is 11. The number of aryl methyl sites for hydroxylation is 7. The van der Waals surface area contributed by atoms with E-state index < -0.39 is 65.0 Å². The predicted octanol–water partition coefficient (Wildman–Crippen LogP) is 2.66. The van der Waals surface area contributed by atoms with E-state index in [1.54, 1.807) is 87.7 Å². The Morgan fingerprint density at radius 3 is 1.32 bits per heavy atom. The van der Waals surface area contributed by atoms with Crippen LogP contribution in [0.4, 0.5) is 58.0 Å². The van der Waals surface area contributed by atoms with Gasteiger partial charge < -0.3 is 79.6 Å². The van der Waals surface area contributed by atoms with Crippen LogP contribution in [0.2, 0.25) is 0 Å². The maximum atomic E-state index is 13.2. The molecule has 10 amide bonds. The van der Waals surface area contributed by atoms with Gasteiger partial charge in [-0.1, -0.05) is 0 Å². The Hall–Kier alpha value is -11.2. The summed E-state index contributed by atoms with van der Waals surface area (Å²) in [6.45, 7) is 0. The molecule has 0 unspecified atom stereocenters. The Balaban J connectivity index is 0.774. The number of aliphatic carboxylic acids is 1. The third kappa shape index (κ3) is 16.7. The summed E-state index contributed by atoms with van der Waals surface area (Å²) in [5.74, 6) is -4.88. The monoisotopic (exact) mass is 1160 g/mol. The predicted molar refractivity (Wildman–Crippen MR) is 303 cm³/mol. The lowest BCUT2D eigenvalue weighted by atomic mass is 10.2. The van der Waals surface area contributed by atoms with Crippen molar-refractivity contribution < 1.29 is 57.8 Å². The Bertz CT molecular complexity index is 3700. The molecule has 442 valence electrons. The van der Waals surface area contributed by atoms with Crippen LogP contribution in [0.1, 0.15) is 89.5 Å². The number of rotatable bonds is 26. The molecule has 0 saturated heterocycles. The van der Waals surface area contributed by atoms with Crippen molar-refractivity contribution in [1.29, 1.82) is 0 Å². The molecule has 0 aliphatic rings. The second-order valence-corrected chi connectivity index (χ2v) is 19.2. The summed E-state index contributed by atoms with van der Waals surface area (Å²) in [6.07, 6.45) is 10.7. The quantitative estimate of drug-likeness (QED) is 0.0371.